The van der Waals surface area contributed by atoms with Gasteiger partial charge in [-0.05, 0) is 19.1 Å². The summed E-state index contributed by atoms with van der Waals surface area (Å²) in [5.41, 5.74) is -0.115. The number of rotatable bonds is 4. The lowest BCUT2D eigenvalue weighted by Crippen LogP contribution is -2.16. The highest BCUT2D eigenvalue weighted by molar-refractivity contribution is 7.92. The minimum atomic E-state index is -3.90. The van der Waals surface area contributed by atoms with E-state index in [-0.39, 0.29) is 16.3 Å². The maximum Gasteiger partial charge on any atom is 0.356 e. The van der Waals surface area contributed by atoms with E-state index in [1.54, 1.807) is 6.92 Å². The Morgan fingerprint density at radius 1 is 1.47 bits per heavy atom. The van der Waals surface area contributed by atoms with Gasteiger partial charge in [0.1, 0.15) is 4.90 Å². The Balaban J connectivity index is 2.42. The molecule has 2 aromatic heterocycles. The lowest BCUT2D eigenvalue weighted by atomic mass is 10.3. The van der Waals surface area contributed by atoms with E-state index in [2.05, 4.69) is 19.9 Å². The molecule has 0 aromatic carbocycles. The van der Waals surface area contributed by atoms with E-state index in [0.717, 1.165) is 6.20 Å². The minimum Gasteiger partial charge on any atom is -0.476 e. The van der Waals surface area contributed by atoms with Gasteiger partial charge in [0.15, 0.2) is 5.69 Å². The zero-order valence-electron chi connectivity index (χ0n) is 9.78. The van der Waals surface area contributed by atoms with Crippen molar-refractivity contribution in [2.45, 2.75) is 11.8 Å². The second kappa shape index (κ2) is 4.69. The van der Waals surface area contributed by atoms with Gasteiger partial charge in [-0.15, -0.1) is 0 Å². The predicted molar refractivity (Wildman–Crippen MR) is 65.3 cm³/mol. The molecule has 0 saturated carbocycles. The van der Waals surface area contributed by atoms with E-state index in [0.29, 0.717) is 5.69 Å². The maximum atomic E-state index is 12.1. The Hall–Kier alpha value is -2.42. The van der Waals surface area contributed by atoms with Crippen molar-refractivity contribution in [2.75, 3.05) is 4.72 Å². The van der Waals surface area contributed by atoms with Crippen molar-refractivity contribution in [3.8, 4) is 0 Å². The fourth-order valence-electron chi connectivity index (χ4n) is 1.47. The number of hydrogen-bond acceptors (Lipinski definition) is 5. The van der Waals surface area contributed by atoms with Crippen LogP contribution in [0.3, 0.4) is 0 Å². The number of carboxylic acid groups (broad SMARTS) is 1. The summed E-state index contributed by atoms with van der Waals surface area (Å²) in [5.74, 6) is -1.32. The molecular weight excluding hydrogens is 272 g/mol. The van der Waals surface area contributed by atoms with Gasteiger partial charge in [-0.2, -0.15) is 5.10 Å². The van der Waals surface area contributed by atoms with Gasteiger partial charge in [-0.3, -0.25) is 9.82 Å². The van der Waals surface area contributed by atoms with Gasteiger partial charge in [0.25, 0.3) is 10.0 Å². The van der Waals surface area contributed by atoms with E-state index in [1.165, 1.54) is 18.3 Å². The second-order valence-corrected chi connectivity index (χ2v) is 5.32. The zero-order chi connectivity index (χ0) is 14.0. The number of aromatic carboxylic acids is 1. The summed E-state index contributed by atoms with van der Waals surface area (Å²) in [6, 6.07) is 2.76. The third kappa shape index (κ3) is 2.55. The number of aromatic nitrogens is 3. The first-order valence-electron chi connectivity index (χ1n) is 5.13. The lowest BCUT2D eigenvalue weighted by molar-refractivity contribution is 0.0692. The number of aryl methyl sites for hydroxylation is 1. The second-order valence-electron chi connectivity index (χ2n) is 3.67. The van der Waals surface area contributed by atoms with Crippen molar-refractivity contribution in [3.05, 3.63) is 35.9 Å². The molecule has 0 saturated heterocycles. The van der Waals surface area contributed by atoms with Crippen molar-refractivity contribution in [2.24, 2.45) is 0 Å². The largest absolute Gasteiger partial charge is 0.476 e. The van der Waals surface area contributed by atoms with Crippen LogP contribution in [0, 0.1) is 6.92 Å². The highest BCUT2D eigenvalue weighted by Crippen LogP contribution is 2.19. The topological polar surface area (TPSA) is 125 Å². The lowest BCUT2D eigenvalue weighted by Gasteiger charge is -2.08. The number of nitrogens with zero attached hydrogens (tertiary/aromatic N) is 2. The summed E-state index contributed by atoms with van der Waals surface area (Å²) < 4.78 is 26.3. The SMILES string of the molecule is Cc1[nH]ncc1S(=O)(=O)Nc1cccnc1C(=O)O. The van der Waals surface area contributed by atoms with Crippen LogP contribution in [0.1, 0.15) is 16.2 Å². The van der Waals surface area contributed by atoms with Gasteiger partial charge in [-0.25, -0.2) is 18.2 Å². The van der Waals surface area contributed by atoms with Crippen molar-refractivity contribution < 1.29 is 18.3 Å². The van der Waals surface area contributed by atoms with Crippen molar-refractivity contribution >= 4 is 21.7 Å². The normalized spacial score (nSPS) is 11.2. The van der Waals surface area contributed by atoms with E-state index in [1.807, 2.05) is 0 Å². The molecule has 8 nitrogen and oxygen atoms in total. The van der Waals surface area contributed by atoms with Crippen LogP contribution in [-0.2, 0) is 10.0 Å². The van der Waals surface area contributed by atoms with Crippen LogP contribution < -0.4 is 4.72 Å². The molecule has 0 aliphatic rings. The molecule has 9 heteroatoms. The van der Waals surface area contributed by atoms with Crippen LogP contribution in [0.25, 0.3) is 0 Å². The fourth-order valence-corrected chi connectivity index (χ4v) is 2.67. The Kier molecular flexibility index (Phi) is 3.21. The fraction of sp³-hybridized carbons (Fsp3) is 0.100. The number of H-pyrrole nitrogens is 1. The van der Waals surface area contributed by atoms with Crippen LogP contribution >= 0.6 is 0 Å². The summed E-state index contributed by atoms with van der Waals surface area (Å²) in [7, 11) is -3.90. The van der Waals surface area contributed by atoms with E-state index < -0.39 is 16.0 Å². The summed E-state index contributed by atoms with van der Waals surface area (Å²) in [5, 5.41) is 15.0. The smallest absolute Gasteiger partial charge is 0.356 e. The van der Waals surface area contributed by atoms with Gasteiger partial charge in [0.2, 0.25) is 0 Å². The van der Waals surface area contributed by atoms with Gasteiger partial charge in [0, 0.05) is 6.20 Å². The van der Waals surface area contributed by atoms with Gasteiger partial charge in [-0.1, -0.05) is 0 Å². The average molecular weight is 282 g/mol. The van der Waals surface area contributed by atoms with Crippen molar-refractivity contribution in [1.29, 1.82) is 0 Å². The van der Waals surface area contributed by atoms with Gasteiger partial charge in [0.05, 0.1) is 17.6 Å². The standard InChI is InChI=1S/C10H10N4O4S/c1-6-8(5-12-13-6)19(17,18)14-7-3-2-4-11-9(7)10(15)16/h2-5,14H,1H3,(H,12,13)(H,15,16). The summed E-state index contributed by atoms with van der Waals surface area (Å²) in [4.78, 5) is 14.5. The van der Waals surface area contributed by atoms with Crippen LogP contribution in [0.4, 0.5) is 5.69 Å². The quantitative estimate of drug-likeness (QED) is 0.754. The molecule has 100 valence electrons. The molecule has 0 aliphatic heterocycles. The number of anilines is 1. The molecule has 0 unspecified atom stereocenters. The van der Waals surface area contributed by atoms with Crippen molar-refractivity contribution in [1.82, 2.24) is 15.2 Å². The third-order valence-corrected chi connectivity index (χ3v) is 3.81. The summed E-state index contributed by atoms with van der Waals surface area (Å²) in [6.45, 7) is 1.54. The van der Waals surface area contributed by atoms with Crippen LogP contribution in [0.2, 0.25) is 0 Å². The van der Waals surface area contributed by atoms with Gasteiger partial charge >= 0.3 is 5.97 Å². The van der Waals surface area contributed by atoms with E-state index >= 15 is 0 Å². The highest BCUT2D eigenvalue weighted by Gasteiger charge is 2.21. The molecule has 0 atom stereocenters. The Morgan fingerprint density at radius 2 is 2.21 bits per heavy atom. The molecule has 0 radical (unpaired) electrons. The number of aromatic amines is 1. The molecule has 0 spiro atoms. The predicted octanol–water partition coefficient (Wildman–Crippen LogP) is 0.612. The Bertz CT molecular complexity index is 723. The van der Waals surface area contributed by atoms with Crippen LogP contribution in [0.15, 0.2) is 29.4 Å². The van der Waals surface area contributed by atoms with E-state index in [9.17, 15) is 13.2 Å². The average Bonchev–Trinajstić information content (AvgIpc) is 2.76. The molecule has 0 aliphatic carbocycles. The van der Waals surface area contributed by atoms with Crippen LogP contribution in [0.5, 0.6) is 0 Å². The molecule has 3 N–H and O–H groups in total. The summed E-state index contributed by atoms with van der Waals surface area (Å²) in [6.07, 6.45) is 2.42. The zero-order valence-corrected chi connectivity index (χ0v) is 10.6. The van der Waals surface area contributed by atoms with Crippen molar-refractivity contribution in [3.63, 3.8) is 0 Å². The molecule has 0 amide bonds. The molecular formula is C10H10N4O4S. The molecule has 2 rings (SSSR count). The van der Waals surface area contributed by atoms with E-state index in [4.69, 9.17) is 5.11 Å². The summed E-state index contributed by atoms with van der Waals surface area (Å²) >= 11 is 0. The number of nitrogens with one attached hydrogen (secondary N) is 2. The first kappa shape index (κ1) is 13.0. The van der Waals surface area contributed by atoms with Gasteiger partial charge < -0.3 is 5.11 Å². The molecule has 2 aromatic rings. The number of hydrogen-bond donors (Lipinski definition) is 3. The molecule has 0 bridgehead atoms. The molecule has 0 fully saturated rings. The van der Waals surface area contributed by atoms with Crippen LogP contribution in [-0.4, -0.2) is 34.7 Å². The maximum absolute atomic E-state index is 12.1. The molecule has 19 heavy (non-hydrogen) atoms. The Labute approximate surface area is 108 Å². The number of pyridine rings is 1. The Morgan fingerprint density at radius 3 is 2.79 bits per heavy atom. The monoisotopic (exact) mass is 282 g/mol. The third-order valence-electron chi connectivity index (χ3n) is 2.33. The first-order valence-corrected chi connectivity index (χ1v) is 6.61. The molecule has 2 heterocycles. The highest BCUT2D eigenvalue weighted by atomic mass is 32.2. The first-order chi connectivity index (χ1) is 8.92. The number of carboxylic acids is 1. The minimum absolute atomic E-state index is 0.0484. The number of sulfonamides is 1. The number of carbonyl (C=O) groups is 1.